The Bertz CT molecular complexity index is 116. The Hall–Kier alpha value is -0.120. The average molecular weight is 160 g/mol. The van der Waals surface area contributed by atoms with E-state index in [1.807, 2.05) is 0 Å². The molecular weight excluding hydrogens is 144 g/mol. The van der Waals surface area contributed by atoms with Crippen molar-refractivity contribution < 1.29 is 14.6 Å². The van der Waals surface area contributed by atoms with Gasteiger partial charge in [-0.1, -0.05) is 0 Å². The number of aliphatic hydroxyl groups is 1. The van der Waals surface area contributed by atoms with Crippen LogP contribution in [0.5, 0.6) is 0 Å². The lowest BCUT2D eigenvalue weighted by Gasteiger charge is -2.31. The number of rotatable bonds is 2. The van der Waals surface area contributed by atoms with Gasteiger partial charge in [0.25, 0.3) is 0 Å². The van der Waals surface area contributed by atoms with Gasteiger partial charge >= 0.3 is 0 Å². The number of methoxy groups -OCH3 is 2. The van der Waals surface area contributed by atoms with Crippen molar-refractivity contribution in [1.29, 1.82) is 0 Å². The van der Waals surface area contributed by atoms with Crippen molar-refractivity contribution in [1.82, 2.24) is 0 Å². The fourth-order valence-corrected chi connectivity index (χ4v) is 1.54. The third-order valence-electron chi connectivity index (χ3n) is 2.34. The van der Waals surface area contributed by atoms with E-state index in [0.29, 0.717) is 0 Å². The van der Waals surface area contributed by atoms with E-state index in [1.54, 1.807) is 14.2 Å². The number of aliphatic hydroxyl groups excluding tert-OH is 1. The van der Waals surface area contributed by atoms with E-state index in [1.165, 1.54) is 0 Å². The summed E-state index contributed by atoms with van der Waals surface area (Å²) < 4.78 is 10.3. The maximum absolute atomic E-state index is 9.40. The average Bonchev–Trinajstić information content (AvgIpc) is 2.05. The van der Waals surface area contributed by atoms with Crippen molar-refractivity contribution in [3.8, 4) is 0 Å². The maximum Gasteiger partial charge on any atom is 0.0854 e. The summed E-state index contributed by atoms with van der Waals surface area (Å²) in [5, 5.41) is 9.40. The van der Waals surface area contributed by atoms with Gasteiger partial charge in [-0.05, 0) is 12.8 Å². The summed E-state index contributed by atoms with van der Waals surface area (Å²) in [5.74, 6) is 0. The first-order valence-corrected chi connectivity index (χ1v) is 4.01. The van der Waals surface area contributed by atoms with Gasteiger partial charge in [0.15, 0.2) is 0 Å². The molecular formula is C8H16O3. The lowest BCUT2D eigenvalue weighted by molar-refractivity contribution is -0.0791. The van der Waals surface area contributed by atoms with Gasteiger partial charge in [0.1, 0.15) is 0 Å². The number of hydrogen-bond acceptors (Lipinski definition) is 3. The Morgan fingerprint density at radius 3 is 2.45 bits per heavy atom. The van der Waals surface area contributed by atoms with Gasteiger partial charge in [-0.25, -0.2) is 0 Å². The van der Waals surface area contributed by atoms with E-state index >= 15 is 0 Å². The molecule has 0 aliphatic heterocycles. The summed E-state index contributed by atoms with van der Waals surface area (Å²) in [6.45, 7) is 0. The number of hydrogen-bond donors (Lipinski definition) is 1. The molecule has 11 heavy (non-hydrogen) atoms. The third-order valence-corrected chi connectivity index (χ3v) is 2.34. The highest BCUT2D eigenvalue weighted by molar-refractivity contribution is 4.80. The maximum atomic E-state index is 9.40. The molecule has 0 bridgehead atoms. The molecule has 0 aromatic rings. The minimum absolute atomic E-state index is 0.0336. The third kappa shape index (κ3) is 2.15. The molecule has 0 saturated heterocycles. The van der Waals surface area contributed by atoms with E-state index in [2.05, 4.69) is 0 Å². The van der Waals surface area contributed by atoms with Crippen molar-refractivity contribution >= 4 is 0 Å². The van der Waals surface area contributed by atoms with Gasteiger partial charge in [-0.15, -0.1) is 0 Å². The molecule has 1 fully saturated rings. The molecule has 0 spiro atoms. The fraction of sp³-hybridized carbons (Fsp3) is 1.00. The zero-order valence-electron chi connectivity index (χ0n) is 7.12. The summed E-state index contributed by atoms with van der Waals surface area (Å²) in [6, 6.07) is 0. The Kier molecular flexibility index (Phi) is 3.30. The van der Waals surface area contributed by atoms with Crippen molar-refractivity contribution in [2.24, 2.45) is 0 Å². The van der Waals surface area contributed by atoms with Crippen LogP contribution >= 0.6 is 0 Å². The fourth-order valence-electron chi connectivity index (χ4n) is 1.54. The highest BCUT2D eigenvalue weighted by atomic mass is 16.5. The predicted octanol–water partition coefficient (Wildman–Crippen LogP) is 0.561. The molecule has 3 heteroatoms. The van der Waals surface area contributed by atoms with Gasteiger partial charge in [0, 0.05) is 20.6 Å². The molecule has 0 aromatic carbocycles. The lowest BCUT2D eigenvalue weighted by atomic mass is 9.92. The summed E-state index contributed by atoms with van der Waals surface area (Å²) >= 11 is 0. The first-order valence-electron chi connectivity index (χ1n) is 4.01. The highest BCUT2D eigenvalue weighted by Gasteiger charge is 2.28. The zero-order chi connectivity index (χ0) is 8.27. The first kappa shape index (κ1) is 8.97. The molecule has 0 radical (unpaired) electrons. The Balaban J connectivity index is 2.37. The monoisotopic (exact) mass is 160 g/mol. The van der Waals surface area contributed by atoms with Crippen molar-refractivity contribution in [2.45, 2.75) is 37.6 Å². The van der Waals surface area contributed by atoms with Crippen LogP contribution in [0.25, 0.3) is 0 Å². The van der Waals surface area contributed by atoms with E-state index < -0.39 is 0 Å². The van der Waals surface area contributed by atoms with Crippen molar-refractivity contribution in [2.75, 3.05) is 14.2 Å². The van der Waals surface area contributed by atoms with Crippen LogP contribution in [0, 0.1) is 0 Å². The molecule has 66 valence electrons. The molecule has 1 N–H and O–H groups in total. The van der Waals surface area contributed by atoms with Gasteiger partial charge < -0.3 is 14.6 Å². The molecule has 0 heterocycles. The van der Waals surface area contributed by atoms with Gasteiger partial charge in [-0.2, -0.15) is 0 Å². The van der Waals surface area contributed by atoms with Gasteiger partial charge in [0.05, 0.1) is 18.3 Å². The first-order chi connectivity index (χ1) is 5.27. The van der Waals surface area contributed by atoms with Crippen LogP contribution in [0.3, 0.4) is 0 Å². The van der Waals surface area contributed by atoms with E-state index in [4.69, 9.17) is 9.47 Å². The van der Waals surface area contributed by atoms with Crippen LogP contribution in [-0.4, -0.2) is 37.6 Å². The Morgan fingerprint density at radius 1 is 1.18 bits per heavy atom. The molecule has 0 aromatic heterocycles. The Labute approximate surface area is 67.3 Å². The van der Waals surface area contributed by atoms with E-state index in [9.17, 15) is 5.11 Å². The highest BCUT2D eigenvalue weighted by Crippen LogP contribution is 2.22. The number of ether oxygens (including phenoxy) is 2. The molecule has 1 rings (SSSR count). The van der Waals surface area contributed by atoms with Gasteiger partial charge in [0.2, 0.25) is 0 Å². The van der Waals surface area contributed by atoms with Gasteiger partial charge in [-0.3, -0.25) is 0 Å². The largest absolute Gasteiger partial charge is 0.390 e. The van der Waals surface area contributed by atoms with E-state index in [-0.39, 0.29) is 18.3 Å². The summed E-state index contributed by atoms with van der Waals surface area (Å²) in [4.78, 5) is 0. The van der Waals surface area contributed by atoms with Crippen LogP contribution in [0.15, 0.2) is 0 Å². The van der Waals surface area contributed by atoms with Crippen LogP contribution in [-0.2, 0) is 9.47 Å². The lowest BCUT2D eigenvalue weighted by Crippen LogP contribution is -2.37. The second kappa shape index (κ2) is 4.04. The molecule has 3 nitrogen and oxygen atoms in total. The van der Waals surface area contributed by atoms with Crippen LogP contribution in [0.4, 0.5) is 0 Å². The summed E-state index contributed by atoms with van der Waals surface area (Å²) in [7, 11) is 3.33. The van der Waals surface area contributed by atoms with Crippen molar-refractivity contribution in [3.63, 3.8) is 0 Å². The second-order valence-corrected chi connectivity index (χ2v) is 3.01. The van der Waals surface area contributed by atoms with Crippen LogP contribution < -0.4 is 0 Å². The topological polar surface area (TPSA) is 38.7 Å². The molecule has 1 aliphatic rings. The molecule has 3 unspecified atom stereocenters. The minimum Gasteiger partial charge on any atom is -0.390 e. The second-order valence-electron chi connectivity index (χ2n) is 3.01. The van der Waals surface area contributed by atoms with E-state index in [0.717, 1.165) is 19.3 Å². The minimum atomic E-state index is -0.300. The van der Waals surface area contributed by atoms with Crippen LogP contribution in [0.2, 0.25) is 0 Å². The van der Waals surface area contributed by atoms with Crippen molar-refractivity contribution in [3.05, 3.63) is 0 Å². The molecule has 3 atom stereocenters. The standard InChI is InChI=1S/C8H16O3/c1-10-6-3-4-7(9)8(5-6)11-2/h6-9H,3-5H2,1-2H3. The predicted molar refractivity (Wildman–Crippen MR) is 41.5 cm³/mol. The Morgan fingerprint density at radius 2 is 1.91 bits per heavy atom. The quantitative estimate of drug-likeness (QED) is 0.641. The molecule has 0 amide bonds. The zero-order valence-corrected chi connectivity index (χ0v) is 7.12. The smallest absolute Gasteiger partial charge is 0.0854 e. The summed E-state index contributed by atoms with van der Waals surface area (Å²) in [6.07, 6.45) is 2.48. The normalized spacial score (nSPS) is 39.0. The SMILES string of the molecule is COC1CCC(O)C(OC)C1. The molecule has 1 aliphatic carbocycles. The van der Waals surface area contributed by atoms with Crippen LogP contribution in [0.1, 0.15) is 19.3 Å². The molecule has 1 saturated carbocycles. The summed E-state index contributed by atoms with van der Waals surface area (Å²) in [5.41, 5.74) is 0.